The molecule has 1 aliphatic carbocycles. The molecule has 2 nitrogen and oxygen atoms in total. The average Bonchev–Trinajstić information content (AvgIpc) is 2.84. The molecule has 1 spiro atoms. The number of hydrogen-bond acceptors (Lipinski definition) is 2. The molecule has 2 aliphatic rings. The summed E-state index contributed by atoms with van der Waals surface area (Å²) in [5.41, 5.74) is 0.923. The van der Waals surface area contributed by atoms with Crippen LogP contribution in [0, 0.1) is 5.92 Å². The van der Waals surface area contributed by atoms with Gasteiger partial charge in [-0.1, -0.05) is 50.1 Å². The van der Waals surface area contributed by atoms with Gasteiger partial charge < -0.3 is 4.74 Å². The van der Waals surface area contributed by atoms with Crippen LogP contribution in [0.1, 0.15) is 50.5 Å². The van der Waals surface area contributed by atoms with Crippen molar-refractivity contribution >= 4 is 5.78 Å². The molecule has 102 valence electrons. The van der Waals surface area contributed by atoms with Gasteiger partial charge in [0.05, 0.1) is 11.5 Å². The standard InChI is InChI=1S/C17H22O2/c1-13-9-12-19-17(10-5-6-11-17)15(16(13)18)14-7-3-2-4-8-14/h2-4,7-8,13,15H,5-6,9-12H2,1H3. The molecule has 2 atom stereocenters. The minimum Gasteiger partial charge on any atom is -0.374 e. The maximum atomic E-state index is 12.8. The van der Waals surface area contributed by atoms with Crippen LogP contribution in [0.15, 0.2) is 30.3 Å². The molecule has 2 fully saturated rings. The molecule has 0 N–H and O–H groups in total. The van der Waals surface area contributed by atoms with Crippen LogP contribution in [0.25, 0.3) is 0 Å². The summed E-state index contributed by atoms with van der Waals surface area (Å²) in [5, 5.41) is 0. The van der Waals surface area contributed by atoms with Crippen molar-refractivity contribution in [2.75, 3.05) is 6.61 Å². The molecule has 0 amide bonds. The van der Waals surface area contributed by atoms with E-state index in [1.165, 1.54) is 12.8 Å². The number of Topliss-reactive ketones (excluding diaryl/α,β-unsaturated/α-hetero) is 1. The summed E-state index contributed by atoms with van der Waals surface area (Å²) >= 11 is 0. The van der Waals surface area contributed by atoms with Crippen LogP contribution >= 0.6 is 0 Å². The van der Waals surface area contributed by atoms with Gasteiger partial charge in [-0.15, -0.1) is 0 Å². The van der Waals surface area contributed by atoms with Crippen molar-refractivity contribution in [1.29, 1.82) is 0 Å². The van der Waals surface area contributed by atoms with Crippen molar-refractivity contribution in [2.45, 2.75) is 50.5 Å². The Kier molecular flexibility index (Phi) is 3.44. The third-order valence-electron chi connectivity index (χ3n) is 4.82. The fraction of sp³-hybridized carbons (Fsp3) is 0.588. The van der Waals surface area contributed by atoms with Crippen molar-refractivity contribution in [1.82, 2.24) is 0 Å². The van der Waals surface area contributed by atoms with E-state index in [9.17, 15) is 4.79 Å². The third-order valence-corrected chi connectivity index (χ3v) is 4.82. The van der Waals surface area contributed by atoms with Crippen LogP contribution in [0.5, 0.6) is 0 Å². The van der Waals surface area contributed by atoms with E-state index in [0.29, 0.717) is 5.78 Å². The average molecular weight is 258 g/mol. The van der Waals surface area contributed by atoms with Crippen LogP contribution in [0.3, 0.4) is 0 Å². The van der Waals surface area contributed by atoms with E-state index in [2.05, 4.69) is 19.1 Å². The van der Waals surface area contributed by atoms with E-state index in [-0.39, 0.29) is 17.4 Å². The van der Waals surface area contributed by atoms with E-state index in [1.807, 2.05) is 18.2 Å². The van der Waals surface area contributed by atoms with E-state index < -0.39 is 0 Å². The maximum Gasteiger partial charge on any atom is 0.146 e. The van der Waals surface area contributed by atoms with Gasteiger partial charge in [0.25, 0.3) is 0 Å². The minimum atomic E-state index is -0.219. The van der Waals surface area contributed by atoms with Crippen molar-refractivity contribution in [2.24, 2.45) is 5.92 Å². The van der Waals surface area contributed by atoms with Crippen LogP contribution < -0.4 is 0 Å². The lowest BCUT2D eigenvalue weighted by atomic mass is 9.75. The topological polar surface area (TPSA) is 26.3 Å². The fourth-order valence-electron chi connectivity index (χ4n) is 3.73. The van der Waals surface area contributed by atoms with Gasteiger partial charge in [-0.25, -0.2) is 0 Å². The summed E-state index contributed by atoms with van der Waals surface area (Å²) in [6.07, 6.45) is 5.30. The monoisotopic (exact) mass is 258 g/mol. The van der Waals surface area contributed by atoms with E-state index in [1.54, 1.807) is 0 Å². The maximum absolute atomic E-state index is 12.8. The Morgan fingerprint density at radius 3 is 2.53 bits per heavy atom. The molecule has 1 aliphatic heterocycles. The Labute approximate surface area is 115 Å². The number of hydrogen-bond donors (Lipinski definition) is 0. The highest BCUT2D eigenvalue weighted by Crippen LogP contribution is 2.47. The molecule has 0 radical (unpaired) electrons. The molecule has 0 bridgehead atoms. The smallest absolute Gasteiger partial charge is 0.146 e. The van der Waals surface area contributed by atoms with Gasteiger partial charge in [-0.05, 0) is 24.8 Å². The van der Waals surface area contributed by atoms with Gasteiger partial charge in [0.2, 0.25) is 0 Å². The molecular formula is C17H22O2. The summed E-state index contributed by atoms with van der Waals surface area (Å²) < 4.78 is 6.24. The predicted octanol–water partition coefficient (Wildman–Crippen LogP) is 3.71. The summed E-state index contributed by atoms with van der Waals surface area (Å²) in [6, 6.07) is 10.2. The molecule has 2 heteroatoms. The first-order valence-corrected chi connectivity index (χ1v) is 7.46. The third kappa shape index (κ3) is 2.23. The van der Waals surface area contributed by atoms with Crippen molar-refractivity contribution < 1.29 is 9.53 Å². The van der Waals surface area contributed by atoms with Crippen LogP contribution in [-0.4, -0.2) is 18.0 Å². The Hall–Kier alpha value is -1.15. The highest BCUT2D eigenvalue weighted by atomic mass is 16.5. The largest absolute Gasteiger partial charge is 0.374 e. The van der Waals surface area contributed by atoms with E-state index in [4.69, 9.17) is 4.74 Å². The van der Waals surface area contributed by atoms with Gasteiger partial charge in [-0.2, -0.15) is 0 Å². The number of carbonyl (C=O) groups is 1. The Balaban J connectivity index is 2.04. The fourth-order valence-corrected chi connectivity index (χ4v) is 3.73. The van der Waals surface area contributed by atoms with Crippen molar-refractivity contribution in [3.63, 3.8) is 0 Å². The van der Waals surface area contributed by atoms with E-state index >= 15 is 0 Å². The summed E-state index contributed by atoms with van der Waals surface area (Å²) in [6.45, 7) is 2.78. The second-order valence-corrected chi connectivity index (χ2v) is 6.06. The number of carbonyl (C=O) groups excluding carboxylic acids is 1. The van der Waals surface area contributed by atoms with Gasteiger partial charge in [0, 0.05) is 12.5 Å². The first-order chi connectivity index (χ1) is 9.23. The zero-order chi connectivity index (χ0) is 13.3. The SMILES string of the molecule is CC1CCOC2(CCCC2)C(c2ccccc2)C1=O. The van der Waals surface area contributed by atoms with Crippen molar-refractivity contribution in [3.05, 3.63) is 35.9 Å². The van der Waals surface area contributed by atoms with Gasteiger partial charge in [-0.3, -0.25) is 4.79 Å². The van der Waals surface area contributed by atoms with Gasteiger partial charge in [0.15, 0.2) is 0 Å². The highest BCUT2D eigenvalue weighted by molar-refractivity contribution is 5.89. The second kappa shape index (κ2) is 5.09. The van der Waals surface area contributed by atoms with Crippen LogP contribution in [0.4, 0.5) is 0 Å². The lowest BCUT2D eigenvalue weighted by molar-refractivity contribution is -0.129. The van der Waals surface area contributed by atoms with Gasteiger partial charge >= 0.3 is 0 Å². The zero-order valence-electron chi connectivity index (χ0n) is 11.6. The number of benzene rings is 1. The number of ether oxygens (including phenoxy) is 1. The molecule has 2 unspecified atom stereocenters. The first-order valence-electron chi connectivity index (χ1n) is 7.46. The second-order valence-electron chi connectivity index (χ2n) is 6.06. The van der Waals surface area contributed by atoms with Crippen LogP contribution in [0.2, 0.25) is 0 Å². The van der Waals surface area contributed by atoms with Crippen molar-refractivity contribution in [3.8, 4) is 0 Å². The molecule has 1 saturated heterocycles. The van der Waals surface area contributed by atoms with E-state index in [0.717, 1.165) is 31.4 Å². The Morgan fingerprint density at radius 2 is 1.84 bits per heavy atom. The van der Waals surface area contributed by atoms with Gasteiger partial charge in [0.1, 0.15) is 5.78 Å². The molecule has 1 saturated carbocycles. The molecule has 1 aromatic carbocycles. The number of rotatable bonds is 1. The molecular weight excluding hydrogens is 236 g/mol. The lowest BCUT2D eigenvalue weighted by Crippen LogP contribution is -2.40. The van der Waals surface area contributed by atoms with Crippen LogP contribution in [-0.2, 0) is 9.53 Å². The normalized spacial score (nSPS) is 30.5. The lowest BCUT2D eigenvalue weighted by Gasteiger charge is -2.35. The quantitative estimate of drug-likeness (QED) is 0.767. The summed E-state index contributed by atoms with van der Waals surface area (Å²) in [4.78, 5) is 12.8. The highest BCUT2D eigenvalue weighted by Gasteiger charge is 2.49. The molecule has 1 heterocycles. The molecule has 19 heavy (non-hydrogen) atoms. The predicted molar refractivity (Wildman–Crippen MR) is 75.1 cm³/mol. The summed E-state index contributed by atoms with van der Waals surface area (Å²) in [7, 11) is 0. The Morgan fingerprint density at radius 1 is 1.16 bits per heavy atom. The molecule has 0 aromatic heterocycles. The number of ketones is 1. The Bertz CT molecular complexity index is 446. The molecule has 1 aromatic rings. The summed E-state index contributed by atoms with van der Waals surface area (Å²) in [5.74, 6) is 0.435. The first kappa shape index (κ1) is 12.9. The minimum absolute atomic E-state index is 0.0614. The zero-order valence-corrected chi connectivity index (χ0v) is 11.6. The molecule has 3 rings (SSSR count).